The maximum atomic E-state index is 4.32. The molecule has 0 aliphatic carbocycles. The zero-order valence-corrected chi connectivity index (χ0v) is 12.3. The van der Waals surface area contributed by atoms with Gasteiger partial charge in [0.2, 0.25) is 0 Å². The van der Waals surface area contributed by atoms with Gasteiger partial charge in [0.25, 0.3) is 0 Å². The number of nitrogens with one attached hydrogen (secondary N) is 1. The molecule has 2 rings (SSSR count). The molecule has 0 saturated carbocycles. The van der Waals surface area contributed by atoms with Crippen LogP contribution in [0.3, 0.4) is 0 Å². The SMILES string of the molecule is Cn1ccnc1CCNc1ccc(C(C)(C)C)cc1. The van der Waals surface area contributed by atoms with Gasteiger partial charge in [0, 0.05) is 38.1 Å². The van der Waals surface area contributed by atoms with Crippen molar-refractivity contribution >= 4 is 5.69 Å². The monoisotopic (exact) mass is 257 g/mol. The molecule has 1 heterocycles. The number of hydrogen-bond acceptors (Lipinski definition) is 2. The molecule has 0 bridgehead atoms. The fourth-order valence-corrected chi connectivity index (χ4v) is 2.04. The van der Waals surface area contributed by atoms with Crippen LogP contribution in [0.2, 0.25) is 0 Å². The average Bonchev–Trinajstić information content (AvgIpc) is 2.75. The first kappa shape index (κ1) is 13.7. The maximum absolute atomic E-state index is 4.32. The fourth-order valence-electron chi connectivity index (χ4n) is 2.04. The first-order valence-electron chi connectivity index (χ1n) is 6.77. The second-order valence-corrected chi connectivity index (χ2v) is 5.96. The van der Waals surface area contributed by atoms with Gasteiger partial charge in [-0.1, -0.05) is 32.9 Å². The van der Waals surface area contributed by atoms with E-state index in [1.54, 1.807) is 0 Å². The van der Waals surface area contributed by atoms with Gasteiger partial charge in [-0.15, -0.1) is 0 Å². The third-order valence-corrected chi connectivity index (χ3v) is 3.35. The number of anilines is 1. The maximum Gasteiger partial charge on any atom is 0.110 e. The summed E-state index contributed by atoms with van der Waals surface area (Å²) in [5.74, 6) is 1.11. The molecule has 3 nitrogen and oxygen atoms in total. The van der Waals surface area contributed by atoms with Crippen LogP contribution >= 0.6 is 0 Å². The fraction of sp³-hybridized carbons (Fsp3) is 0.438. The number of hydrogen-bond donors (Lipinski definition) is 1. The molecular weight excluding hydrogens is 234 g/mol. The van der Waals surface area contributed by atoms with Gasteiger partial charge in [-0.05, 0) is 23.1 Å². The van der Waals surface area contributed by atoms with Crippen molar-refractivity contribution in [3.05, 3.63) is 48.0 Å². The van der Waals surface area contributed by atoms with Crippen LogP contribution in [-0.4, -0.2) is 16.1 Å². The van der Waals surface area contributed by atoms with E-state index in [4.69, 9.17) is 0 Å². The summed E-state index contributed by atoms with van der Waals surface area (Å²) in [5.41, 5.74) is 2.75. The van der Waals surface area contributed by atoms with E-state index < -0.39 is 0 Å². The van der Waals surface area contributed by atoms with Gasteiger partial charge in [0.15, 0.2) is 0 Å². The van der Waals surface area contributed by atoms with Gasteiger partial charge in [0.05, 0.1) is 0 Å². The molecule has 0 saturated heterocycles. The molecule has 0 spiro atoms. The summed E-state index contributed by atoms with van der Waals surface area (Å²) in [6.45, 7) is 7.60. The Labute approximate surface area is 115 Å². The summed E-state index contributed by atoms with van der Waals surface area (Å²) in [5, 5.41) is 3.44. The first-order valence-corrected chi connectivity index (χ1v) is 6.77. The molecule has 3 heteroatoms. The standard InChI is InChI=1S/C16H23N3/c1-16(2,3)13-5-7-14(8-6-13)17-10-9-15-18-11-12-19(15)4/h5-8,11-12,17H,9-10H2,1-4H3. The lowest BCUT2D eigenvalue weighted by Gasteiger charge is -2.19. The summed E-state index contributed by atoms with van der Waals surface area (Å²) in [6, 6.07) is 8.70. The van der Waals surface area contributed by atoms with Crippen LogP contribution in [0.4, 0.5) is 5.69 Å². The Morgan fingerprint density at radius 1 is 1.16 bits per heavy atom. The summed E-state index contributed by atoms with van der Waals surface area (Å²) in [4.78, 5) is 4.32. The third kappa shape index (κ3) is 3.60. The Morgan fingerprint density at radius 3 is 2.37 bits per heavy atom. The van der Waals surface area contributed by atoms with E-state index in [0.717, 1.165) is 18.8 Å². The lowest BCUT2D eigenvalue weighted by molar-refractivity contribution is 0.590. The molecule has 0 atom stereocenters. The highest BCUT2D eigenvalue weighted by molar-refractivity contribution is 5.45. The largest absolute Gasteiger partial charge is 0.385 e. The predicted octanol–water partition coefficient (Wildman–Crippen LogP) is 3.37. The van der Waals surface area contributed by atoms with Gasteiger partial charge < -0.3 is 9.88 Å². The van der Waals surface area contributed by atoms with Gasteiger partial charge in [-0.3, -0.25) is 0 Å². The summed E-state index contributed by atoms with van der Waals surface area (Å²) in [7, 11) is 2.03. The highest BCUT2D eigenvalue weighted by atomic mass is 15.0. The van der Waals surface area contributed by atoms with Crippen LogP contribution < -0.4 is 5.32 Å². The molecule has 0 fully saturated rings. The predicted molar refractivity (Wildman–Crippen MR) is 80.5 cm³/mol. The zero-order valence-electron chi connectivity index (χ0n) is 12.3. The number of benzene rings is 1. The Balaban J connectivity index is 1.89. The minimum Gasteiger partial charge on any atom is -0.385 e. The highest BCUT2D eigenvalue weighted by Crippen LogP contribution is 2.23. The lowest BCUT2D eigenvalue weighted by atomic mass is 9.87. The van der Waals surface area contributed by atoms with Crippen LogP contribution in [0.25, 0.3) is 0 Å². The minimum atomic E-state index is 0.214. The smallest absolute Gasteiger partial charge is 0.110 e. The van der Waals surface area contributed by atoms with E-state index in [0.29, 0.717) is 0 Å². The Morgan fingerprint density at radius 2 is 1.84 bits per heavy atom. The van der Waals surface area contributed by atoms with Crippen molar-refractivity contribution < 1.29 is 0 Å². The van der Waals surface area contributed by atoms with Crippen LogP contribution in [-0.2, 0) is 18.9 Å². The second kappa shape index (κ2) is 5.47. The Bertz CT molecular complexity index is 518. The number of rotatable bonds is 4. The molecule has 0 aliphatic heterocycles. The highest BCUT2D eigenvalue weighted by Gasteiger charge is 2.12. The molecule has 1 aromatic carbocycles. The van der Waals surface area contributed by atoms with Crippen LogP contribution in [0.15, 0.2) is 36.7 Å². The molecule has 0 radical (unpaired) electrons. The van der Waals surface area contributed by atoms with Gasteiger partial charge >= 0.3 is 0 Å². The minimum absolute atomic E-state index is 0.214. The van der Waals surface area contributed by atoms with Crippen molar-refractivity contribution in [1.82, 2.24) is 9.55 Å². The number of aryl methyl sites for hydroxylation is 1. The molecule has 0 amide bonds. The quantitative estimate of drug-likeness (QED) is 0.910. The van der Waals surface area contributed by atoms with E-state index in [-0.39, 0.29) is 5.41 Å². The van der Waals surface area contributed by atoms with Crippen molar-refractivity contribution in [3.8, 4) is 0 Å². The number of nitrogens with zero attached hydrogens (tertiary/aromatic N) is 2. The molecule has 2 aromatic rings. The van der Waals surface area contributed by atoms with E-state index >= 15 is 0 Å². The molecule has 0 aliphatic rings. The van der Waals surface area contributed by atoms with E-state index in [2.05, 4.69) is 59.9 Å². The van der Waals surface area contributed by atoms with Crippen LogP contribution in [0.1, 0.15) is 32.2 Å². The molecule has 1 aromatic heterocycles. The van der Waals surface area contributed by atoms with E-state index in [9.17, 15) is 0 Å². The zero-order chi connectivity index (χ0) is 13.9. The van der Waals surface area contributed by atoms with Crippen LogP contribution in [0, 0.1) is 0 Å². The van der Waals surface area contributed by atoms with Crippen molar-refractivity contribution in [3.63, 3.8) is 0 Å². The molecule has 0 unspecified atom stereocenters. The topological polar surface area (TPSA) is 29.9 Å². The van der Waals surface area contributed by atoms with Gasteiger partial charge in [-0.2, -0.15) is 0 Å². The lowest BCUT2D eigenvalue weighted by Crippen LogP contribution is -2.11. The number of aromatic nitrogens is 2. The van der Waals surface area contributed by atoms with E-state index in [1.807, 2.05) is 19.4 Å². The molecule has 19 heavy (non-hydrogen) atoms. The Kier molecular flexibility index (Phi) is 3.93. The normalized spacial score (nSPS) is 11.6. The molecule has 1 N–H and O–H groups in total. The van der Waals surface area contributed by atoms with E-state index in [1.165, 1.54) is 11.3 Å². The van der Waals surface area contributed by atoms with Gasteiger partial charge in [0.1, 0.15) is 5.82 Å². The van der Waals surface area contributed by atoms with Crippen molar-refractivity contribution in [2.75, 3.05) is 11.9 Å². The molecule has 102 valence electrons. The van der Waals surface area contributed by atoms with Crippen LogP contribution in [0.5, 0.6) is 0 Å². The van der Waals surface area contributed by atoms with Crippen molar-refractivity contribution in [1.29, 1.82) is 0 Å². The summed E-state index contributed by atoms with van der Waals surface area (Å²) < 4.78 is 2.06. The summed E-state index contributed by atoms with van der Waals surface area (Å²) in [6.07, 6.45) is 4.76. The molecular formula is C16H23N3. The third-order valence-electron chi connectivity index (χ3n) is 3.35. The second-order valence-electron chi connectivity index (χ2n) is 5.96. The number of imidazole rings is 1. The van der Waals surface area contributed by atoms with Crippen molar-refractivity contribution in [2.24, 2.45) is 7.05 Å². The Hall–Kier alpha value is -1.77. The summed E-state index contributed by atoms with van der Waals surface area (Å²) >= 11 is 0. The first-order chi connectivity index (χ1) is 8.97. The average molecular weight is 257 g/mol. The van der Waals surface area contributed by atoms with Gasteiger partial charge in [-0.25, -0.2) is 4.98 Å². The van der Waals surface area contributed by atoms with Crippen molar-refractivity contribution in [2.45, 2.75) is 32.6 Å².